The van der Waals surface area contributed by atoms with Gasteiger partial charge in [-0.3, -0.25) is 0 Å². The molecule has 0 aromatic carbocycles. The van der Waals surface area contributed by atoms with Gasteiger partial charge in [-0.25, -0.2) is 0 Å². The van der Waals surface area contributed by atoms with Gasteiger partial charge in [0.2, 0.25) is 0 Å². The van der Waals surface area contributed by atoms with Crippen LogP contribution in [0.5, 0.6) is 0 Å². The van der Waals surface area contributed by atoms with Crippen LogP contribution in [0.1, 0.15) is 58.3 Å². The summed E-state index contributed by atoms with van der Waals surface area (Å²) >= 11 is 9.22. The van der Waals surface area contributed by atoms with E-state index < -0.39 is 11.7 Å². The van der Waals surface area contributed by atoms with Gasteiger partial charge in [-0.05, 0) is 0 Å². The van der Waals surface area contributed by atoms with Gasteiger partial charge in [0.15, 0.2) is 0 Å². The molecule has 0 fully saturated rings. The SMILES string of the molecule is CCCCCCCCC[CH2][Sn]([Br])([Br])[Br]. The molecule has 0 unspecified atom stereocenters. The van der Waals surface area contributed by atoms with Crippen LogP contribution in [-0.2, 0) is 0 Å². The van der Waals surface area contributed by atoms with Crippen LogP contribution in [0, 0.1) is 0 Å². The summed E-state index contributed by atoms with van der Waals surface area (Å²) < 4.78 is 1.35. The summed E-state index contributed by atoms with van der Waals surface area (Å²) in [7, 11) is 0. The molecule has 0 aliphatic heterocycles. The zero-order valence-electron chi connectivity index (χ0n) is 9.00. The van der Waals surface area contributed by atoms with Crippen molar-refractivity contribution >= 4 is 49.8 Å². The van der Waals surface area contributed by atoms with Crippen molar-refractivity contribution in [1.29, 1.82) is 0 Å². The first-order chi connectivity index (χ1) is 6.56. The van der Waals surface area contributed by atoms with Crippen molar-refractivity contribution in [2.24, 2.45) is 0 Å². The van der Waals surface area contributed by atoms with E-state index in [2.05, 4.69) is 45.0 Å². The van der Waals surface area contributed by atoms with E-state index in [0.717, 1.165) is 0 Å². The standard InChI is InChI=1S/C10H21.3BrH.Sn/c1-3-5-7-9-10-8-6-4-2;;;;/h1,3-10H2,2H3;3*1H;/q;;;;+3/p-3. The molecule has 0 rings (SSSR count). The van der Waals surface area contributed by atoms with Gasteiger partial charge in [0.05, 0.1) is 0 Å². The summed E-state index contributed by atoms with van der Waals surface area (Å²) in [5.74, 6) is 0. The molecule has 0 spiro atoms. The summed E-state index contributed by atoms with van der Waals surface area (Å²) in [5, 5.41) is 0. The predicted octanol–water partition coefficient (Wildman–Crippen LogP) is 6.25. The first-order valence-corrected chi connectivity index (χ1v) is 26.8. The van der Waals surface area contributed by atoms with Gasteiger partial charge in [-0.1, -0.05) is 0 Å². The summed E-state index contributed by atoms with van der Waals surface area (Å²) in [6, 6.07) is 0. The van der Waals surface area contributed by atoms with Gasteiger partial charge in [0.25, 0.3) is 0 Å². The van der Waals surface area contributed by atoms with Gasteiger partial charge in [-0.15, -0.1) is 0 Å². The number of halogens is 3. The Hall–Kier alpha value is 2.24. The molecule has 0 aromatic rings. The van der Waals surface area contributed by atoms with E-state index in [1.54, 1.807) is 0 Å². The minimum absolute atomic E-state index is 1.35. The van der Waals surface area contributed by atoms with E-state index in [-0.39, 0.29) is 0 Å². The van der Waals surface area contributed by atoms with E-state index in [1.165, 1.54) is 55.8 Å². The van der Waals surface area contributed by atoms with Gasteiger partial charge >= 0.3 is 113 Å². The second-order valence-electron chi connectivity index (χ2n) is 3.84. The van der Waals surface area contributed by atoms with Crippen molar-refractivity contribution in [3.8, 4) is 0 Å². The van der Waals surface area contributed by atoms with Crippen LogP contribution in [0.3, 0.4) is 0 Å². The third kappa shape index (κ3) is 14.2. The van der Waals surface area contributed by atoms with Crippen molar-refractivity contribution in [2.45, 2.75) is 62.7 Å². The summed E-state index contributed by atoms with van der Waals surface area (Å²) in [6.07, 6.45) is 11.3. The molecule has 0 saturated carbocycles. The molecule has 0 aliphatic carbocycles. The molecule has 0 amide bonds. The van der Waals surface area contributed by atoms with Crippen molar-refractivity contribution < 1.29 is 0 Å². The van der Waals surface area contributed by atoms with Crippen LogP contribution < -0.4 is 0 Å². The number of rotatable bonds is 9. The average molecular weight is 500 g/mol. The fourth-order valence-electron chi connectivity index (χ4n) is 1.46. The molecule has 14 heavy (non-hydrogen) atoms. The molecular weight excluding hydrogens is 479 g/mol. The monoisotopic (exact) mass is 498 g/mol. The number of hydrogen-bond acceptors (Lipinski definition) is 0. The Balaban J connectivity index is 2.99. The third-order valence-corrected chi connectivity index (χ3v) is 12.9. The molecule has 86 valence electrons. The first-order valence-electron chi connectivity index (χ1n) is 5.63. The topological polar surface area (TPSA) is 0 Å². The molecule has 0 heterocycles. The Kier molecular flexibility index (Phi) is 12.1. The molecular formula is C10H21Br3Sn. The van der Waals surface area contributed by atoms with E-state index in [4.69, 9.17) is 0 Å². The third-order valence-electron chi connectivity index (χ3n) is 2.31. The van der Waals surface area contributed by atoms with Crippen molar-refractivity contribution in [3.05, 3.63) is 0 Å². The van der Waals surface area contributed by atoms with E-state index >= 15 is 0 Å². The van der Waals surface area contributed by atoms with Crippen LogP contribution in [0.25, 0.3) is 0 Å². The van der Waals surface area contributed by atoms with Crippen LogP contribution in [0.2, 0.25) is 4.44 Å². The maximum atomic E-state index is 3.73. The Morgan fingerprint density at radius 1 is 0.714 bits per heavy atom. The summed E-state index contributed by atoms with van der Waals surface area (Å²) in [6.45, 7) is 2.27. The molecule has 0 nitrogen and oxygen atoms in total. The molecule has 0 aromatic heterocycles. The first kappa shape index (κ1) is 16.2. The van der Waals surface area contributed by atoms with E-state index in [1.807, 2.05) is 0 Å². The zero-order chi connectivity index (χ0) is 10.9. The molecule has 0 N–H and O–H groups in total. The summed E-state index contributed by atoms with van der Waals surface area (Å²) in [5.41, 5.74) is 0. The molecule has 0 aliphatic rings. The summed E-state index contributed by atoms with van der Waals surface area (Å²) in [4.78, 5) is 0. The Morgan fingerprint density at radius 3 is 1.57 bits per heavy atom. The zero-order valence-corrected chi connectivity index (χ0v) is 16.6. The molecule has 0 saturated heterocycles. The minimum atomic E-state index is -1.96. The van der Waals surface area contributed by atoms with Gasteiger partial charge in [0.1, 0.15) is 0 Å². The Morgan fingerprint density at radius 2 is 1.14 bits per heavy atom. The Bertz CT molecular complexity index is 123. The molecule has 4 heteroatoms. The van der Waals surface area contributed by atoms with Crippen LogP contribution in [0.4, 0.5) is 0 Å². The Labute approximate surface area is 111 Å². The fourth-order valence-corrected chi connectivity index (χ4v) is 8.96. The average Bonchev–Trinajstić information content (AvgIpc) is 2.08. The van der Waals surface area contributed by atoms with Crippen LogP contribution in [-0.4, -0.2) is 11.7 Å². The maximum absolute atomic E-state index is 3.73. The fraction of sp³-hybridized carbons (Fsp3) is 1.00. The predicted molar refractivity (Wildman–Crippen MR) is 80.0 cm³/mol. The van der Waals surface area contributed by atoms with Crippen LogP contribution >= 0.6 is 38.1 Å². The number of unbranched alkanes of at least 4 members (excludes halogenated alkanes) is 7. The van der Waals surface area contributed by atoms with Crippen molar-refractivity contribution in [3.63, 3.8) is 0 Å². The quantitative estimate of drug-likeness (QED) is 0.260. The number of hydrogen-bond donors (Lipinski definition) is 0. The van der Waals surface area contributed by atoms with E-state index in [0.29, 0.717) is 0 Å². The van der Waals surface area contributed by atoms with Crippen LogP contribution in [0.15, 0.2) is 0 Å². The second kappa shape index (κ2) is 10.4. The van der Waals surface area contributed by atoms with Gasteiger partial charge in [-0.2, -0.15) is 0 Å². The van der Waals surface area contributed by atoms with Gasteiger partial charge < -0.3 is 0 Å². The van der Waals surface area contributed by atoms with E-state index in [9.17, 15) is 0 Å². The molecule has 0 bridgehead atoms. The van der Waals surface area contributed by atoms with Gasteiger partial charge in [0, 0.05) is 0 Å². The second-order valence-corrected chi connectivity index (χ2v) is 57.4. The molecule has 0 radical (unpaired) electrons. The normalized spacial score (nSPS) is 12.0. The van der Waals surface area contributed by atoms with Crippen molar-refractivity contribution in [2.75, 3.05) is 0 Å². The molecule has 0 atom stereocenters. The van der Waals surface area contributed by atoms with Crippen molar-refractivity contribution in [1.82, 2.24) is 0 Å².